The van der Waals surface area contributed by atoms with Crippen molar-refractivity contribution in [3.63, 3.8) is 0 Å². The van der Waals surface area contributed by atoms with Gasteiger partial charge in [0.2, 0.25) is 0 Å². The number of piperidine rings is 1. The predicted molar refractivity (Wildman–Crippen MR) is 121 cm³/mol. The van der Waals surface area contributed by atoms with Gasteiger partial charge in [0.1, 0.15) is 5.82 Å². The van der Waals surface area contributed by atoms with Crippen LogP contribution < -0.4 is 5.73 Å². The number of amides is 1. The second-order valence-corrected chi connectivity index (χ2v) is 8.94. The highest BCUT2D eigenvalue weighted by Crippen LogP contribution is 2.36. The number of nitrogens with zero attached hydrogens (tertiary/aromatic N) is 2. The summed E-state index contributed by atoms with van der Waals surface area (Å²) < 4.78 is 39.7. The number of hydrogen-bond acceptors (Lipinski definition) is 4. The number of nitrogen functional groups attached to an aromatic ring is 1. The summed E-state index contributed by atoms with van der Waals surface area (Å²) in [6, 6.07) is 12.3. The molecule has 8 heteroatoms. The average Bonchev–Trinajstić information content (AvgIpc) is 3.29. The number of pyridine rings is 1. The van der Waals surface area contributed by atoms with E-state index in [4.69, 9.17) is 5.73 Å². The SMILES string of the molecule is Nc1nc2ccc(C(=O)N3CCCC[C@H]3c3ccc(C(F)(F)F)cc3)cc2c2ccsc12. The number of thiophene rings is 1. The van der Waals surface area contributed by atoms with Crippen LogP contribution in [-0.4, -0.2) is 22.3 Å². The summed E-state index contributed by atoms with van der Waals surface area (Å²) in [5.74, 6) is 0.344. The molecule has 0 spiro atoms. The lowest BCUT2D eigenvalue weighted by atomic mass is 9.93. The van der Waals surface area contributed by atoms with Crippen molar-refractivity contribution >= 4 is 44.1 Å². The van der Waals surface area contributed by atoms with E-state index in [2.05, 4.69) is 4.98 Å². The molecule has 1 aliphatic rings. The topological polar surface area (TPSA) is 59.2 Å². The van der Waals surface area contributed by atoms with Gasteiger partial charge in [0.15, 0.2) is 0 Å². The van der Waals surface area contributed by atoms with Crippen molar-refractivity contribution in [2.24, 2.45) is 0 Å². The third-order valence-electron chi connectivity index (χ3n) is 6.06. The van der Waals surface area contributed by atoms with E-state index in [0.717, 1.165) is 57.9 Å². The molecular weight excluding hydrogens is 435 g/mol. The Kier molecular flexibility index (Phi) is 5.04. The fourth-order valence-corrected chi connectivity index (χ4v) is 5.28. The number of fused-ring (bicyclic) bond motifs is 3. The van der Waals surface area contributed by atoms with Gasteiger partial charge in [-0.1, -0.05) is 12.1 Å². The Morgan fingerprint density at radius 3 is 2.59 bits per heavy atom. The standard InChI is InChI=1S/C24H20F3N3OS/c25-24(26,27)16-7-4-14(5-8-16)20-3-1-2-11-30(20)23(31)15-6-9-19-18(13-15)17-10-12-32-21(17)22(28)29-19/h4-10,12-13,20H,1-3,11H2,(H2,28,29)/t20-/m0/s1. The van der Waals surface area contributed by atoms with E-state index in [1.165, 1.54) is 23.5 Å². The van der Waals surface area contributed by atoms with Gasteiger partial charge in [-0.15, -0.1) is 11.3 Å². The normalized spacial score (nSPS) is 17.2. The third kappa shape index (κ3) is 3.58. The highest BCUT2D eigenvalue weighted by molar-refractivity contribution is 7.18. The lowest BCUT2D eigenvalue weighted by molar-refractivity contribution is -0.137. The van der Waals surface area contributed by atoms with Gasteiger partial charge in [0.25, 0.3) is 5.91 Å². The minimum absolute atomic E-state index is 0.128. The summed E-state index contributed by atoms with van der Waals surface area (Å²) in [5.41, 5.74) is 7.36. The quantitative estimate of drug-likeness (QED) is 0.380. The monoisotopic (exact) mass is 455 g/mol. The van der Waals surface area contributed by atoms with Crippen molar-refractivity contribution in [1.29, 1.82) is 0 Å². The van der Waals surface area contributed by atoms with Crippen LogP contribution in [0, 0.1) is 0 Å². The number of nitrogens with two attached hydrogens (primary N) is 1. The molecule has 0 saturated carbocycles. The molecule has 164 valence electrons. The van der Waals surface area contributed by atoms with Gasteiger partial charge in [-0.05, 0) is 66.6 Å². The minimum Gasteiger partial charge on any atom is -0.382 e. The Morgan fingerprint density at radius 2 is 1.84 bits per heavy atom. The first kappa shape index (κ1) is 20.8. The molecule has 0 unspecified atom stereocenters. The van der Waals surface area contributed by atoms with Crippen LogP contribution in [0.1, 0.15) is 46.8 Å². The lowest BCUT2D eigenvalue weighted by Crippen LogP contribution is -2.38. The highest BCUT2D eigenvalue weighted by Gasteiger charge is 2.32. The van der Waals surface area contributed by atoms with E-state index in [1.54, 1.807) is 17.0 Å². The van der Waals surface area contributed by atoms with E-state index >= 15 is 0 Å². The molecule has 0 aliphatic carbocycles. The largest absolute Gasteiger partial charge is 0.416 e. The highest BCUT2D eigenvalue weighted by atomic mass is 32.1. The van der Waals surface area contributed by atoms with Crippen LogP contribution in [0.5, 0.6) is 0 Å². The fourth-order valence-electron chi connectivity index (χ4n) is 4.46. The number of benzene rings is 2. The maximum absolute atomic E-state index is 13.5. The summed E-state index contributed by atoms with van der Waals surface area (Å²) in [5, 5.41) is 3.77. The number of likely N-dealkylation sites (tertiary alicyclic amines) is 1. The molecule has 1 amide bonds. The predicted octanol–water partition coefficient (Wildman–Crippen LogP) is 6.42. The van der Waals surface area contributed by atoms with Gasteiger partial charge in [0, 0.05) is 22.9 Å². The van der Waals surface area contributed by atoms with Crippen LogP contribution in [0.3, 0.4) is 0 Å². The first-order valence-corrected chi connectivity index (χ1v) is 11.3. The number of carbonyl (C=O) groups is 1. The lowest BCUT2D eigenvalue weighted by Gasteiger charge is -2.36. The molecule has 1 saturated heterocycles. The number of carbonyl (C=O) groups excluding carboxylic acids is 1. The fraction of sp³-hybridized carbons (Fsp3) is 0.250. The maximum atomic E-state index is 13.5. The van der Waals surface area contributed by atoms with E-state index in [0.29, 0.717) is 17.9 Å². The zero-order valence-corrected chi connectivity index (χ0v) is 17.8. The van der Waals surface area contributed by atoms with E-state index < -0.39 is 11.7 Å². The average molecular weight is 456 g/mol. The molecule has 2 N–H and O–H groups in total. The Labute approximate surface area is 186 Å². The van der Waals surface area contributed by atoms with Crippen LogP contribution in [0.25, 0.3) is 21.0 Å². The first-order chi connectivity index (χ1) is 15.3. The molecule has 2 aromatic carbocycles. The minimum atomic E-state index is -4.38. The van der Waals surface area contributed by atoms with Gasteiger partial charge >= 0.3 is 6.18 Å². The van der Waals surface area contributed by atoms with Crippen molar-refractivity contribution in [1.82, 2.24) is 9.88 Å². The Bertz CT molecular complexity index is 1310. The van der Waals surface area contributed by atoms with Crippen molar-refractivity contribution in [3.8, 4) is 0 Å². The molecule has 5 rings (SSSR count). The molecule has 4 nitrogen and oxygen atoms in total. The van der Waals surface area contributed by atoms with Gasteiger partial charge in [0.05, 0.1) is 21.8 Å². The van der Waals surface area contributed by atoms with Crippen molar-refractivity contribution in [2.45, 2.75) is 31.5 Å². The molecule has 1 aliphatic heterocycles. The van der Waals surface area contributed by atoms with Crippen molar-refractivity contribution in [3.05, 3.63) is 70.6 Å². The number of rotatable bonds is 2. The van der Waals surface area contributed by atoms with Crippen LogP contribution >= 0.6 is 11.3 Å². The molecule has 32 heavy (non-hydrogen) atoms. The second kappa shape index (κ2) is 7.78. The summed E-state index contributed by atoms with van der Waals surface area (Å²) >= 11 is 1.51. The Balaban J connectivity index is 1.50. The molecule has 1 atom stereocenters. The summed E-state index contributed by atoms with van der Waals surface area (Å²) in [6.07, 6.45) is -1.87. The smallest absolute Gasteiger partial charge is 0.382 e. The van der Waals surface area contributed by atoms with E-state index in [1.807, 2.05) is 17.5 Å². The van der Waals surface area contributed by atoms with Crippen LogP contribution in [0.4, 0.5) is 19.0 Å². The van der Waals surface area contributed by atoms with Gasteiger partial charge in [-0.2, -0.15) is 13.2 Å². The third-order valence-corrected chi connectivity index (χ3v) is 7.00. The Hall–Kier alpha value is -3.13. The molecular formula is C24H20F3N3OS. The van der Waals surface area contributed by atoms with Gasteiger partial charge in [-0.3, -0.25) is 4.79 Å². The molecule has 0 bridgehead atoms. The number of hydrogen-bond donors (Lipinski definition) is 1. The Morgan fingerprint density at radius 1 is 1.06 bits per heavy atom. The van der Waals surface area contributed by atoms with Crippen LogP contribution in [0.2, 0.25) is 0 Å². The number of aromatic nitrogens is 1. The van der Waals surface area contributed by atoms with Crippen molar-refractivity contribution < 1.29 is 18.0 Å². The summed E-state index contributed by atoms with van der Waals surface area (Å²) in [7, 11) is 0. The van der Waals surface area contributed by atoms with E-state index in [-0.39, 0.29) is 11.9 Å². The molecule has 2 aromatic heterocycles. The summed E-state index contributed by atoms with van der Waals surface area (Å²) in [4.78, 5) is 19.7. The first-order valence-electron chi connectivity index (χ1n) is 10.4. The zero-order valence-electron chi connectivity index (χ0n) is 17.0. The number of halogens is 3. The van der Waals surface area contributed by atoms with Gasteiger partial charge in [-0.25, -0.2) is 4.98 Å². The zero-order chi connectivity index (χ0) is 22.5. The molecule has 1 fully saturated rings. The molecule has 3 heterocycles. The van der Waals surface area contributed by atoms with Gasteiger partial charge < -0.3 is 10.6 Å². The second-order valence-electron chi connectivity index (χ2n) is 8.02. The van der Waals surface area contributed by atoms with E-state index in [9.17, 15) is 18.0 Å². The van der Waals surface area contributed by atoms with Crippen LogP contribution in [0.15, 0.2) is 53.9 Å². The van der Waals surface area contributed by atoms with Crippen LogP contribution in [-0.2, 0) is 6.18 Å². The molecule has 0 radical (unpaired) electrons. The van der Waals surface area contributed by atoms with Crippen molar-refractivity contribution in [2.75, 3.05) is 12.3 Å². The molecule has 4 aromatic rings. The summed E-state index contributed by atoms with van der Waals surface area (Å²) in [6.45, 7) is 0.566. The number of anilines is 1. The number of alkyl halides is 3. The maximum Gasteiger partial charge on any atom is 0.416 e.